The smallest absolute Gasteiger partial charge is 0.236 e. The van der Waals surface area contributed by atoms with Gasteiger partial charge in [-0.05, 0) is 22.0 Å². The van der Waals surface area contributed by atoms with Gasteiger partial charge in [0.2, 0.25) is 5.91 Å². The summed E-state index contributed by atoms with van der Waals surface area (Å²) in [5.74, 6) is -1.08. The summed E-state index contributed by atoms with van der Waals surface area (Å²) in [5, 5.41) is 2.46. The number of anilines is 1. The first-order chi connectivity index (χ1) is 6.09. The molecule has 1 amide bonds. The highest BCUT2D eigenvalue weighted by molar-refractivity contribution is 9.10. The fourth-order valence-corrected chi connectivity index (χ4v) is 1.02. The van der Waals surface area contributed by atoms with Crippen LogP contribution >= 0.6 is 15.9 Å². The first-order valence-electron chi connectivity index (χ1n) is 3.43. The second kappa shape index (κ2) is 4.18. The van der Waals surface area contributed by atoms with Crippen molar-refractivity contribution in [2.24, 2.45) is 5.73 Å². The van der Waals surface area contributed by atoms with Gasteiger partial charge in [-0.2, -0.15) is 0 Å². The molecule has 0 spiro atoms. The van der Waals surface area contributed by atoms with Gasteiger partial charge >= 0.3 is 0 Å². The van der Waals surface area contributed by atoms with Crippen molar-refractivity contribution in [2.45, 2.75) is 0 Å². The molecule has 1 aromatic rings. The minimum absolute atomic E-state index is 0.0157. The fourth-order valence-electron chi connectivity index (χ4n) is 0.715. The summed E-state index contributed by atoms with van der Waals surface area (Å²) in [7, 11) is 0. The van der Waals surface area contributed by atoms with Gasteiger partial charge in [0, 0.05) is 10.7 Å². The maximum Gasteiger partial charge on any atom is 0.236 e. The van der Waals surface area contributed by atoms with Crippen molar-refractivity contribution in [1.29, 1.82) is 0 Å². The molecular weight excluding hydrogens is 241 g/mol. The summed E-state index contributed by atoms with van der Waals surface area (Å²) < 4.78 is 13.5. The van der Waals surface area contributed by atoms with Crippen LogP contribution in [0.2, 0.25) is 0 Å². The third-order valence-electron chi connectivity index (χ3n) is 1.24. The van der Waals surface area contributed by atoms with E-state index >= 15 is 0 Å². The summed E-state index contributed by atoms with van der Waals surface area (Å²) >= 11 is 3.05. The maximum absolute atomic E-state index is 13.0. The molecule has 1 heterocycles. The van der Waals surface area contributed by atoms with E-state index in [0.29, 0.717) is 4.47 Å². The van der Waals surface area contributed by atoms with Gasteiger partial charge < -0.3 is 11.1 Å². The van der Waals surface area contributed by atoms with Crippen LogP contribution in [0.1, 0.15) is 0 Å². The van der Waals surface area contributed by atoms with E-state index in [-0.39, 0.29) is 12.4 Å². The maximum atomic E-state index is 13.0. The monoisotopic (exact) mass is 247 g/mol. The van der Waals surface area contributed by atoms with E-state index in [9.17, 15) is 9.18 Å². The average Bonchev–Trinajstić information content (AvgIpc) is 2.02. The van der Waals surface area contributed by atoms with Crippen LogP contribution < -0.4 is 11.1 Å². The number of nitrogens with two attached hydrogens (primary N) is 1. The van der Waals surface area contributed by atoms with Crippen molar-refractivity contribution >= 4 is 27.7 Å². The number of primary amides is 1. The molecule has 0 unspecified atom stereocenters. The van der Waals surface area contributed by atoms with Crippen molar-refractivity contribution in [3.05, 3.63) is 22.6 Å². The standard InChI is InChI=1S/C7H7BrFN3O/c8-4-1-5(9)7(11-2-4)12-3-6(10)13/h1-2H,3H2,(H2,10,13)(H,11,12). The number of nitrogens with zero attached hydrogens (tertiary/aromatic N) is 1. The Hall–Kier alpha value is -1.17. The largest absolute Gasteiger partial charge is 0.368 e. The lowest BCUT2D eigenvalue weighted by molar-refractivity contribution is -0.116. The SMILES string of the molecule is NC(=O)CNc1ncc(Br)cc1F. The number of halogens is 2. The number of rotatable bonds is 3. The molecule has 0 aliphatic carbocycles. The first kappa shape index (κ1) is 9.91. The molecule has 13 heavy (non-hydrogen) atoms. The van der Waals surface area contributed by atoms with Crippen LogP contribution in [0.3, 0.4) is 0 Å². The number of pyridine rings is 1. The van der Waals surface area contributed by atoms with E-state index in [0.717, 1.165) is 0 Å². The Bertz CT molecular complexity index is 332. The molecule has 0 fully saturated rings. The summed E-state index contributed by atoms with van der Waals surface area (Å²) in [6.45, 7) is -0.133. The van der Waals surface area contributed by atoms with Crippen molar-refractivity contribution < 1.29 is 9.18 Å². The molecule has 4 nitrogen and oxygen atoms in total. The quantitative estimate of drug-likeness (QED) is 0.834. The van der Waals surface area contributed by atoms with Crippen LogP contribution in [0.25, 0.3) is 0 Å². The summed E-state index contributed by atoms with van der Waals surface area (Å²) in [6, 6.07) is 1.25. The molecule has 70 valence electrons. The molecule has 6 heteroatoms. The number of hydrogen-bond donors (Lipinski definition) is 2. The Morgan fingerprint density at radius 2 is 2.46 bits per heavy atom. The van der Waals surface area contributed by atoms with Crippen molar-refractivity contribution in [1.82, 2.24) is 4.98 Å². The first-order valence-corrected chi connectivity index (χ1v) is 4.22. The third kappa shape index (κ3) is 2.98. The summed E-state index contributed by atoms with van der Waals surface area (Å²) in [4.78, 5) is 14.1. The molecule has 0 aliphatic heterocycles. The third-order valence-corrected chi connectivity index (χ3v) is 1.67. The predicted octanol–water partition coefficient (Wildman–Crippen LogP) is 0.880. The zero-order valence-electron chi connectivity index (χ0n) is 6.55. The lowest BCUT2D eigenvalue weighted by Gasteiger charge is -2.03. The number of aromatic nitrogens is 1. The highest BCUT2D eigenvalue weighted by Crippen LogP contribution is 2.15. The van der Waals surface area contributed by atoms with Crippen LogP contribution in [-0.4, -0.2) is 17.4 Å². The second-order valence-corrected chi connectivity index (χ2v) is 3.22. The molecule has 1 aromatic heterocycles. The van der Waals surface area contributed by atoms with E-state index in [1.54, 1.807) is 0 Å². The molecular formula is C7H7BrFN3O. The van der Waals surface area contributed by atoms with E-state index in [1.165, 1.54) is 12.3 Å². The molecule has 0 atom stereocenters. The van der Waals surface area contributed by atoms with Crippen LogP contribution in [0.4, 0.5) is 10.2 Å². The number of carbonyl (C=O) groups excluding carboxylic acids is 1. The molecule has 1 rings (SSSR count). The Kier molecular flexibility index (Phi) is 3.18. The normalized spacial score (nSPS) is 9.69. The Morgan fingerprint density at radius 1 is 1.77 bits per heavy atom. The highest BCUT2D eigenvalue weighted by Gasteiger charge is 2.04. The number of carbonyl (C=O) groups is 1. The van der Waals surface area contributed by atoms with Crippen LogP contribution in [0.15, 0.2) is 16.7 Å². The Morgan fingerprint density at radius 3 is 3.00 bits per heavy atom. The Labute approximate surface area is 82.5 Å². The van der Waals surface area contributed by atoms with Crippen molar-refractivity contribution in [3.63, 3.8) is 0 Å². The fraction of sp³-hybridized carbons (Fsp3) is 0.143. The molecule has 0 saturated heterocycles. The molecule has 3 N–H and O–H groups in total. The molecule has 0 aromatic carbocycles. The lowest BCUT2D eigenvalue weighted by atomic mass is 10.4. The molecule has 0 saturated carbocycles. The average molecular weight is 248 g/mol. The minimum atomic E-state index is -0.566. The van der Waals surface area contributed by atoms with Crippen LogP contribution in [-0.2, 0) is 4.79 Å². The Balaban J connectivity index is 2.72. The number of hydrogen-bond acceptors (Lipinski definition) is 3. The van der Waals surface area contributed by atoms with E-state index in [2.05, 4.69) is 26.2 Å². The number of nitrogens with one attached hydrogen (secondary N) is 1. The van der Waals surface area contributed by atoms with Crippen molar-refractivity contribution in [2.75, 3.05) is 11.9 Å². The zero-order valence-corrected chi connectivity index (χ0v) is 8.14. The highest BCUT2D eigenvalue weighted by atomic mass is 79.9. The predicted molar refractivity (Wildman–Crippen MR) is 49.6 cm³/mol. The zero-order chi connectivity index (χ0) is 9.84. The van der Waals surface area contributed by atoms with Gasteiger partial charge in [-0.1, -0.05) is 0 Å². The molecule has 0 radical (unpaired) electrons. The van der Waals surface area contributed by atoms with E-state index in [1.807, 2.05) is 0 Å². The molecule has 0 aliphatic rings. The van der Waals surface area contributed by atoms with Crippen LogP contribution in [0, 0.1) is 5.82 Å². The van der Waals surface area contributed by atoms with Crippen molar-refractivity contribution in [3.8, 4) is 0 Å². The van der Waals surface area contributed by atoms with Gasteiger partial charge in [-0.25, -0.2) is 9.37 Å². The van der Waals surface area contributed by atoms with Gasteiger partial charge in [-0.15, -0.1) is 0 Å². The van der Waals surface area contributed by atoms with Gasteiger partial charge in [-0.3, -0.25) is 4.79 Å². The van der Waals surface area contributed by atoms with Gasteiger partial charge in [0.05, 0.1) is 6.54 Å². The summed E-state index contributed by atoms with van der Waals surface area (Å²) in [6.07, 6.45) is 1.42. The molecule has 0 bridgehead atoms. The van der Waals surface area contributed by atoms with E-state index < -0.39 is 11.7 Å². The minimum Gasteiger partial charge on any atom is -0.368 e. The van der Waals surface area contributed by atoms with Gasteiger partial charge in [0.15, 0.2) is 11.6 Å². The van der Waals surface area contributed by atoms with Gasteiger partial charge in [0.25, 0.3) is 0 Å². The lowest BCUT2D eigenvalue weighted by Crippen LogP contribution is -2.22. The number of amides is 1. The summed E-state index contributed by atoms with van der Waals surface area (Å²) in [5.41, 5.74) is 4.86. The van der Waals surface area contributed by atoms with Gasteiger partial charge in [0.1, 0.15) is 0 Å². The van der Waals surface area contributed by atoms with E-state index in [4.69, 9.17) is 5.73 Å². The van der Waals surface area contributed by atoms with Crippen LogP contribution in [0.5, 0.6) is 0 Å². The second-order valence-electron chi connectivity index (χ2n) is 2.30. The topological polar surface area (TPSA) is 68.0 Å².